The summed E-state index contributed by atoms with van der Waals surface area (Å²) in [4.78, 5) is 17.0. The highest BCUT2D eigenvalue weighted by Crippen LogP contribution is 2.27. The number of rotatable bonds is 7. The molecule has 0 radical (unpaired) electrons. The second-order valence-corrected chi connectivity index (χ2v) is 9.20. The largest absolute Gasteiger partial charge is 0.457 e. The lowest BCUT2D eigenvalue weighted by atomic mass is 10.1. The Morgan fingerprint density at radius 3 is 2.61 bits per heavy atom. The average Bonchev–Trinajstić information content (AvgIpc) is 3.03. The summed E-state index contributed by atoms with van der Waals surface area (Å²) >= 11 is 6.18. The van der Waals surface area contributed by atoms with E-state index in [0.717, 1.165) is 6.26 Å². The van der Waals surface area contributed by atoms with Crippen LogP contribution >= 0.6 is 11.6 Å². The maximum absolute atomic E-state index is 12.6. The van der Waals surface area contributed by atoms with E-state index in [1.165, 1.54) is 4.68 Å². The van der Waals surface area contributed by atoms with Crippen molar-refractivity contribution in [2.24, 2.45) is 7.05 Å². The molecule has 9 nitrogen and oxygen atoms in total. The van der Waals surface area contributed by atoms with Crippen LogP contribution in [0.2, 0.25) is 5.02 Å². The Hall–Kier alpha value is -2.98. The summed E-state index contributed by atoms with van der Waals surface area (Å²) in [6.07, 6.45) is 0.473. The SMILES string of the molecule is Cc1nc(-c2nnn(C)c2CC(=O)OC(C)c2ccccc2Cl)ccc1NS(C)(=O)=O. The first-order chi connectivity index (χ1) is 14.5. The Bertz CT molecular complexity index is 1230. The second-order valence-electron chi connectivity index (χ2n) is 7.04. The number of ether oxygens (including phenoxy) is 1. The van der Waals surface area contributed by atoms with E-state index in [0.29, 0.717) is 39.0 Å². The zero-order valence-corrected chi connectivity index (χ0v) is 19.0. The maximum atomic E-state index is 12.6. The molecule has 0 spiro atoms. The molecule has 1 N–H and O–H groups in total. The van der Waals surface area contributed by atoms with Crippen LogP contribution in [0.25, 0.3) is 11.4 Å². The number of anilines is 1. The smallest absolute Gasteiger partial charge is 0.312 e. The maximum Gasteiger partial charge on any atom is 0.312 e. The van der Waals surface area contributed by atoms with Gasteiger partial charge in [0.25, 0.3) is 0 Å². The molecule has 11 heteroatoms. The van der Waals surface area contributed by atoms with Crippen molar-refractivity contribution in [2.45, 2.75) is 26.4 Å². The Morgan fingerprint density at radius 1 is 1.26 bits per heavy atom. The molecule has 0 saturated carbocycles. The summed E-state index contributed by atoms with van der Waals surface area (Å²) in [6, 6.07) is 10.4. The zero-order chi connectivity index (χ0) is 22.8. The number of hydrogen-bond donors (Lipinski definition) is 1. The van der Waals surface area contributed by atoms with Crippen molar-refractivity contribution in [3.8, 4) is 11.4 Å². The molecule has 3 rings (SSSR count). The van der Waals surface area contributed by atoms with Crippen LogP contribution in [-0.2, 0) is 33.0 Å². The fraction of sp³-hybridized carbons (Fsp3) is 0.300. The van der Waals surface area contributed by atoms with Crippen molar-refractivity contribution >= 4 is 33.3 Å². The normalized spacial score (nSPS) is 12.4. The molecule has 0 amide bonds. The van der Waals surface area contributed by atoms with Crippen LogP contribution in [0.1, 0.15) is 30.0 Å². The Kier molecular flexibility index (Phi) is 6.61. The number of nitrogens with one attached hydrogen (secondary N) is 1. The topological polar surface area (TPSA) is 116 Å². The van der Waals surface area contributed by atoms with Crippen LogP contribution in [0, 0.1) is 6.92 Å². The van der Waals surface area contributed by atoms with Gasteiger partial charge in [-0.2, -0.15) is 0 Å². The van der Waals surface area contributed by atoms with Crippen molar-refractivity contribution in [3.05, 3.63) is 58.4 Å². The molecule has 0 aliphatic carbocycles. The Balaban J connectivity index is 1.80. The van der Waals surface area contributed by atoms with Crippen LogP contribution in [0.5, 0.6) is 0 Å². The summed E-state index contributed by atoms with van der Waals surface area (Å²) in [5.74, 6) is -0.467. The average molecular weight is 464 g/mol. The molecule has 0 aliphatic heterocycles. The van der Waals surface area contributed by atoms with Crippen molar-refractivity contribution in [3.63, 3.8) is 0 Å². The van der Waals surface area contributed by atoms with Crippen LogP contribution in [0.3, 0.4) is 0 Å². The molecule has 1 unspecified atom stereocenters. The third-order valence-corrected chi connectivity index (χ3v) is 5.46. The van der Waals surface area contributed by atoms with Gasteiger partial charge in [0.1, 0.15) is 11.8 Å². The van der Waals surface area contributed by atoms with Crippen molar-refractivity contribution < 1.29 is 17.9 Å². The zero-order valence-electron chi connectivity index (χ0n) is 17.5. The highest BCUT2D eigenvalue weighted by Gasteiger charge is 2.21. The molecule has 2 heterocycles. The first-order valence-corrected chi connectivity index (χ1v) is 11.6. The number of carbonyl (C=O) groups excluding carboxylic acids is 1. The highest BCUT2D eigenvalue weighted by molar-refractivity contribution is 7.92. The predicted octanol–water partition coefficient (Wildman–Crippen LogP) is 3.06. The van der Waals surface area contributed by atoms with Crippen molar-refractivity contribution in [2.75, 3.05) is 11.0 Å². The molecule has 2 aromatic heterocycles. The summed E-state index contributed by atoms with van der Waals surface area (Å²) in [5, 5.41) is 8.64. The number of esters is 1. The third-order valence-electron chi connectivity index (χ3n) is 4.53. The molecule has 1 atom stereocenters. The van der Waals surface area contributed by atoms with E-state index in [2.05, 4.69) is 20.0 Å². The quantitative estimate of drug-likeness (QED) is 0.535. The predicted molar refractivity (Wildman–Crippen MR) is 117 cm³/mol. The lowest BCUT2D eigenvalue weighted by Gasteiger charge is -2.15. The monoisotopic (exact) mass is 463 g/mol. The summed E-state index contributed by atoms with van der Waals surface area (Å²) in [5.41, 5.74) is 2.95. The van der Waals surface area contributed by atoms with Gasteiger partial charge in [0, 0.05) is 17.6 Å². The molecular weight excluding hydrogens is 442 g/mol. The van der Waals surface area contributed by atoms with Gasteiger partial charge >= 0.3 is 5.97 Å². The van der Waals surface area contributed by atoms with E-state index in [9.17, 15) is 13.2 Å². The lowest BCUT2D eigenvalue weighted by molar-refractivity contribution is -0.147. The first-order valence-electron chi connectivity index (χ1n) is 9.33. The molecule has 164 valence electrons. The van der Waals surface area contributed by atoms with Gasteiger partial charge in [-0.3, -0.25) is 14.2 Å². The number of aryl methyl sites for hydroxylation is 2. The summed E-state index contributed by atoms with van der Waals surface area (Å²) < 4.78 is 32.4. The van der Waals surface area contributed by atoms with Crippen molar-refractivity contribution in [1.82, 2.24) is 20.0 Å². The van der Waals surface area contributed by atoms with Crippen molar-refractivity contribution in [1.29, 1.82) is 0 Å². The molecule has 1 aromatic carbocycles. The Labute approximate surface area is 185 Å². The van der Waals surface area contributed by atoms with E-state index >= 15 is 0 Å². The van der Waals surface area contributed by atoms with Crippen LogP contribution in [0.4, 0.5) is 5.69 Å². The van der Waals surface area contributed by atoms with Gasteiger partial charge < -0.3 is 4.74 Å². The van der Waals surface area contributed by atoms with E-state index in [1.54, 1.807) is 51.2 Å². The van der Waals surface area contributed by atoms with E-state index < -0.39 is 22.1 Å². The van der Waals surface area contributed by atoms with Gasteiger partial charge in [0.15, 0.2) is 0 Å². The number of hydrogen-bond acceptors (Lipinski definition) is 7. The minimum absolute atomic E-state index is 0.0717. The van der Waals surface area contributed by atoms with E-state index in [-0.39, 0.29) is 6.42 Å². The minimum atomic E-state index is -3.43. The van der Waals surface area contributed by atoms with Crippen LogP contribution < -0.4 is 4.72 Å². The molecule has 0 aliphatic rings. The molecular formula is C20H22ClN5O4S. The molecule has 0 bridgehead atoms. The number of pyridine rings is 1. The number of carbonyl (C=O) groups is 1. The third kappa shape index (κ3) is 5.59. The van der Waals surface area contributed by atoms with Gasteiger partial charge in [-0.1, -0.05) is 35.0 Å². The fourth-order valence-corrected chi connectivity index (χ4v) is 3.92. The molecule has 3 aromatic rings. The Morgan fingerprint density at radius 2 is 1.97 bits per heavy atom. The van der Waals surface area contributed by atoms with Gasteiger partial charge in [-0.15, -0.1) is 5.10 Å². The van der Waals surface area contributed by atoms with E-state index in [4.69, 9.17) is 16.3 Å². The number of aromatic nitrogens is 4. The number of halogens is 1. The van der Waals surface area contributed by atoms with E-state index in [1.807, 2.05) is 6.07 Å². The molecule has 31 heavy (non-hydrogen) atoms. The minimum Gasteiger partial charge on any atom is -0.457 e. The highest BCUT2D eigenvalue weighted by atomic mass is 35.5. The van der Waals surface area contributed by atoms with Gasteiger partial charge in [-0.25, -0.2) is 13.4 Å². The molecule has 0 fully saturated rings. The number of sulfonamides is 1. The second kappa shape index (κ2) is 9.03. The van der Waals surface area contributed by atoms with Gasteiger partial charge in [-0.05, 0) is 32.0 Å². The first kappa shape index (κ1) is 22.7. The standard InChI is InChI=1S/C20H22ClN5O4S/c1-12-16(24-31(4,28)29)9-10-17(22-12)20-18(26(3)25-23-20)11-19(27)30-13(2)14-7-5-6-8-15(14)21/h5-10,13,24H,11H2,1-4H3. The number of benzene rings is 1. The van der Waals surface area contributed by atoms with Crippen LogP contribution in [-0.4, -0.2) is 40.6 Å². The summed E-state index contributed by atoms with van der Waals surface area (Å²) in [7, 11) is -1.76. The van der Waals surface area contributed by atoms with Crippen LogP contribution in [0.15, 0.2) is 36.4 Å². The fourth-order valence-electron chi connectivity index (χ4n) is 3.02. The molecule has 0 saturated heterocycles. The number of nitrogens with zero attached hydrogens (tertiary/aromatic N) is 4. The lowest BCUT2D eigenvalue weighted by Crippen LogP contribution is -2.14. The van der Waals surface area contributed by atoms with Gasteiger partial charge in [0.2, 0.25) is 10.0 Å². The summed E-state index contributed by atoms with van der Waals surface area (Å²) in [6.45, 7) is 3.42. The van der Waals surface area contributed by atoms with Gasteiger partial charge in [0.05, 0.1) is 35.4 Å².